The molecule has 1 aliphatic heterocycles. The maximum Gasteiger partial charge on any atom is 0.273 e. The van der Waals surface area contributed by atoms with Crippen molar-refractivity contribution < 1.29 is 18.4 Å². The van der Waals surface area contributed by atoms with Gasteiger partial charge in [0, 0.05) is 31.7 Å². The maximum atomic E-state index is 12.8. The van der Waals surface area contributed by atoms with Crippen molar-refractivity contribution in [3.05, 3.63) is 47.6 Å². The number of benzene rings is 1. The number of piperidine rings is 1. The van der Waals surface area contributed by atoms with Gasteiger partial charge in [0.25, 0.3) is 5.91 Å². The van der Waals surface area contributed by atoms with Gasteiger partial charge in [-0.05, 0) is 44.0 Å². The fourth-order valence-corrected chi connectivity index (χ4v) is 2.86. The minimum absolute atomic E-state index is 0.152. The molecule has 1 saturated heterocycles. The molecule has 0 radical (unpaired) electrons. The van der Waals surface area contributed by atoms with E-state index in [1.165, 1.54) is 12.1 Å². The average Bonchev–Trinajstić information content (AvgIpc) is 3.05. The fraction of sp³-hybridized carbons (Fsp3) is 0.444. The molecule has 2 aromatic rings. The molecule has 1 amide bonds. The lowest BCUT2D eigenvalue weighted by Crippen LogP contribution is -2.45. The van der Waals surface area contributed by atoms with Gasteiger partial charge in [0.2, 0.25) is 0 Å². The molecule has 0 aliphatic carbocycles. The summed E-state index contributed by atoms with van der Waals surface area (Å²) in [5.41, 5.74) is 0.327. The van der Waals surface area contributed by atoms with Gasteiger partial charge in [-0.2, -0.15) is 0 Å². The largest absolute Gasteiger partial charge is 0.492 e. The summed E-state index contributed by atoms with van der Waals surface area (Å²) in [6.45, 7) is 4.92. The lowest BCUT2D eigenvalue weighted by molar-refractivity contribution is 0.0896. The summed E-state index contributed by atoms with van der Waals surface area (Å²) >= 11 is 0. The number of carbonyl (C=O) groups is 1. The van der Waals surface area contributed by atoms with Crippen LogP contribution in [0.4, 0.5) is 4.39 Å². The second-order valence-corrected chi connectivity index (χ2v) is 6.21. The summed E-state index contributed by atoms with van der Waals surface area (Å²) < 4.78 is 23.4. The number of aryl methyl sites for hydroxylation is 1. The van der Waals surface area contributed by atoms with Crippen LogP contribution in [-0.4, -0.2) is 48.2 Å². The van der Waals surface area contributed by atoms with Crippen molar-refractivity contribution >= 4 is 5.91 Å². The van der Waals surface area contributed by atoms with Gasteiger partial charge in [-0.3, -0.25) is 9.69 Å². The van der Waals surface area contributed by atoms with E-state index in [0.29, 0.717) is 23.8 Å². The molecule has 3 rings (SSSR count). The second-order valence-electron chi connectivity index (χ2n) is 6.21. The summed E-state index contributed by atoms with van der Waals surface area (Å²) in [6, 6.07) is 7.82. The number of likely N-dealkylation sites (tertiary alicyclic amines) is 1. The first-order valence-electron chi connectivity index (χ1n) is 8.45. The number of halogens is 1. The highest BCUT2D eigenvalue weighted by Gasteiger charge is 2.22. The number of nitrogens with one attached hydrogen (secondary N) is 1. The third-order valence-corrected chi connectivity index (χ3v) is 4.27. The van der Waals surface area contributed by atoms with Crippen molar-refractivity contribution in [3.8, 4) is 5.75 Å². The summed E-state index contributed by atoms with van der Waals surface area (Å²) in [7, 11) is 0. The molecular formula is C18H22FN3O3. The molecule has 1 aromatic heterocycles. The Hall–Kier alpha value is -2.41. The molecule has 0 atom stereocenters. The number of ether oxygens (including phenoxy) is 1. The van der Waals surface area contributed by atoms with Gasteiger partial charge >= 0.3 is 0 Å². The molecule has 7 heteroatoms. The van der Waals surface area contributed by atoms with Gasteiger partial charge < -0.3 is 14.6 Å². The van der Waals surface area contributed by atoms with Gasteiger partial charge in [-0.25, -0.2) is 4.39 Å². The van der Waals surface area contributed by atoms with Crippen LogP contribution in [0.3, 0.4) is 0 Å². The highest BCUT2D eigenvalue weighted by Crippen LogP contribution is 2.13. The Labute approximate surface area is 145 Å². The monoisotopic (exact) mass is 347 g/mol. The van der Waals surface area contributed by atoms with Crippen molar-refractivity contribution in [2.24, 2.45) is 0 Å². The third kappa shape index (κ3) is 5.03. The smallest absolute Gasteiger partial charge is 0.273 e. The van der Waals surface area contributed by atoms with E-state index >= 15 is 0 Å². The molecule has 0 unspecified atom stereocenters. The summed E-state index contributed by atoms with van der Waals surface area (Å²) in [6.07, 6.45) is 1.78. The Morgan fingerprint density at radius 1 is 1.36 bits per heavy atom. The quantitative estimate of drug-likeness (QED) is 0.869. The predicted octanol–water partition coefficient (Wildman–Crippen LogP) is 2.40. The number of nitrogens with zero attached hydrogens (tertiary/aromatic N) is 2. The summed E-state index contributed by atoms with van der Waals surface area (Å²) in [4.78, 5) is 14.4. The van der Waals surface area contributed by atoms with Crippen LogP contribution in [-0.2, 0) is 0 Å². The van der Waals surface area contributed by atoms with Crippen LogP contribution in [0.15, 0.2) is 34.9 Å². The number of carbonyl (C=O) groups excluding carboxylic acids is 1. The van der Waals surface area contributed by atoms with Crippen molar-refractivity contribution in [3.63, 3.8) is 0 Å². The third-order valence-electron chi connectivity index (χ3n) is 4.27. The Balaban J connectivity index is 1.35. The minimum atomic E-state index is -0.266. The van der Waals surface area contributed by atoms with Crippen molar-refractivity contribution in [1.29, 1.82) is 0 Å². The first-order valence-corrected chi connectivity index (χ1v) is 8.45. The fourth-order valence-electron chi connectivity index (χ4n) is 2.86. The number of hydrogen-bond acceptors (Lipinski definition) is 5. The number of amides is 1. The van der Waals surface area contributed by atoms with Crippen LogP contribution in [0, 0.1) is 12.7 Å². The Morgan fingerprint density at radius 3 is 2.72 bits per heavy atom. The zero-order valence-corrected chi connectivity index (χ0v) is 14.2. The van der Waals surface area contributed by atoms with E-state index in [1.54, 1.807) is 25.1 Å². The summed E-state index contributed by atoms with van der Waals surface area (Å²) in [5, 5.41) is 6.73. The van der Waals surface area contributed by atoms with E-state index in [4.69, 9.17) is 9.26 Å². The molecule has 0 spiro atoms. The van der Waals surface area contributed by atoms with E-state index in [2.05, 4.69) is 15.4 Å². The van der Waals surface area contributed by atoms with Crippen LogP contribution in [0.2, 0.25) is 0 Å². The zero-order chi connectivity index (χ0) is 17.6. The molecule has 1 N–H and O–H groups in total. The topological polar surface area (TPSA) is 67.6 Å². The highest BCUT2D eigenvalue weighted by molar-refractivity contribution is 5.92. The molecule has 1 aliphatic rings. The molecule has 1 fully saturated rings. The lowest BCUT2D eigenvalue weighted by Gasteiger charge is -2.32. The number of hydrogen-bond donors (Lipinski definition) is 1. The maximum absolute atomic E-state index is 12.8. The summed E-state index contributed by atoms with van der Waals surface area (Å²) in [5.74, 6) is 0.847. The molecule has 6 nitrogen and oxygen atoms in total. The van der Waals surface area contributed by atoms with Crippen molar-refractivity contribution in [2.45, 2.75) is 25.8 Å². The van der Waals surface area contributed by atoms with E-state index in [1.807, 2.05) is 0 Å². The van der Waals surface area contributed by atoms with E-state index < -0.39 is 0 Å². The molecule has 0 saturated carbocycles. The molecule has 1 aromatic carbocycles. The molecule has 25 heavy (non-hydrogen) atoms. The van der Waals surface area contributed by atoms with Crippen LogP contribution >= 0.6 is 0 Å². The minimum Gasteiger partial charge on any atom is -0.492 e. The van der Waals surface area contributed by atoms with Gasteiger partial charge in [0.15, 0.2) is 5.69 Å². The predicted molar refractivity (Wildman–Crippen MR) is 90.1 cm³/mol. The lowest BCUT2D eigenvalue weighted by atomic mass is 10.0. The normalized spacial score (nSPS) is 15.9. The molecular weight excluding hydrogens is 325 g/mol. The Bertz CT molecular complexity index is 694. The van der Waals surface area contributed by atoms with Crippen LogP contribution in [0.1, 0.15) is 29.1 Å². The number of rotatable bonds is 6. The highest BCUT2D eigenvalue weighted by atomic mass is 19.1. The Morgan fingerprint density at radius 2 is 2.08 bits per heavy atom. The molecule has 134 valence electrons. The second kappa shape index (κ2) is 8.11. The van der Waals surface area contributed by atoms with Gasteiger partial charge in [0.05, 0.1) is 0 Å². The van der Waals surface area contributed by atoms with Crippen molar-refractivity contribution in [1.82, 2.24) is 15.4 Å². The van der Waals surface area contributed by atoms with Gasteiger partial charge in [0.1, 0.15) is 23.9 Å². The van der Waals surface area contributed by atoms with E-state index in [9.17, 15) is 9.18 Å². The molecule has 2 heterocycles. The molecule has 0 bridgehead atoms. The van der Waals surface area contributed by atoms with Crippen LogP contribution < -0.4 is 10.1 Å². The first kappa shape index (κ1) is 17.4. The van der Waals surface area contributed by atoms with Gasteiger partial charge in [-0.15, -0.1) is 0 Å². The van der Waals surface area contributed by atoms with Crippen LogP contribution in [0.5, 0.6) is 5.75 Å². The average molecular weight is 347 g/mol. The van der Waals surface area contributed by atoms with Crippen molar-refractivity contribution in [2.75, 3.05) is 26.2 Å². The first-order chi connectivity index (χ1) is 12.1. The number of aromatic nitrogens is 1. The SMILES string of the molecule is Cc1cc(C(=O)NC2CCN(CCOc3ccc(F)cc3)CC2)no1. The Kier molecular flexibility index (Phi) is 5.65. The standard InChI is InChI=1S/C18H22FN3O3/c1-13-12-17(21-25-13)18(23)20-15-6-8-22(9-7-15)10-11-24-16-4-2-14(19)3-5-16/h2-5,12,15H,6-11H2,1H3,(H,20,23). The van der Waals surface area contributed by atoms with Crippen LogP contribution in [0.25, 0.3) is 0 Å². The van der Waals surface area contributed by atoms with E-state index in [-0.39, 0.29) is 17.8 Å². The van der Waals surface area contributed by atoms with Gasteiger partial charge in [-0.1, -0.05) is 5.16 Å². The van der Waals surface area contributed by atoms with E-state index in [0.717, 1.165) is 32.5 Å². The zero-order valence-electron chi connectivity index (χ0n) is 14.2.